The molecule has 1 aromatic carbocycles. The van der Waals surface area contributed by atoms with Crippen LogP contribution in [0.25, 0.3) is 10.9 Å². The Kier molecular flexibility index (Phi) is 1.70. The Morgan fingerprint density at radius 1 is 1.31 bits per heavy atom. The number of anilines is 1. The highest BCUT2D eigenvalue weighted by molar-refractivity contribution is 5.95. The van der Waals surface area contributed by atoms with E-state index in [0.717, 1.165) is 10.9 Å². The summed E-state index contributed by atoms with van der Waals surface area (Å²) in [5, 5.41) is 0.924. The normalized spacial score (nSPS) is 10.2. The van der Waals surface area contributed by atoms with Gasteiger partial charge in [-0.1, -0.05) is 18.2 Å². The summed E-state index contributed by atoms with van der Waals surface area (Å²) in [6, 6.07) is 7.69. The number of rotatable bonds is 1. The molecule has 0 aliphatic rings. The minimum absolute atomic E-state index is 0.638. The molecule has 0 aliphatic carbocycles. The number of hydrogen-bond donors (Lipinski definition) is 1. The molecule has 0 spiro atoms. The van der Waals surface area contributed by atoms with Crippen molar-refractivity contribution in [1.29, 1.82) is 0 Å². The number of benzene rings is 1. The van der Waals surface area contributed by atoms with Crippen molar-refractivity contribution >= 4 is 29.0 Å². The van der Waals surface area contributed by atoms with Crippen molar-refractivity contribution in [3.05, 3.63) is 30.5 Å². The molecule has 3 heteroatoms. The SMILES string of the molecule is C=Nc1cnc2ccccc2c1N. The number of aliphatic imine (C=N–C) groups is 1. The van der Waals surface area contributed by atoms with Gasteiger partial charge in [0.15, 0.2) is 0 Å². The fourth-order valence-corrected chi connectivity index (χ4v) is 1.28. The van der Waals surface area contributed by atoms with Gasteiger partial charge in [0.1, 0.15) is 5.69 Å². The summed E-state index contributed by atoms with van der Waals surface area (Å²) in [6.07, 6.45) is 1.63. The van der Waals surface area contributed by atoms with Gasteiger partial charge in [-0.25, -0.2) is 0 Å². The molecular weight excluding hydrogens is 162 g/mol. The average molecular weight is 171 g/mol. The Labute approximate surface area is 75.9 Å². The van der Waals surface area contributed by atoms with E-state index < -0.39 is 0 Å². The molecular formula is C10H9N3. The molecule has 2 aromatic rings. The van der Waals surface area contributed by atoms with Crippen molar-refractivity contribution in [2.75, 3.05) is 5.73 Å². The first-order chi connectivity index (χ1) is 6.33. The van der Waals surface area contributed by atoms with E-state index in [4.69, 9.17) is 5.73 Å². The van der Waals surface area contributed by atoms with Gasteiger partial charge in [-0.15, -0.1) is 0 Å². The number of fused-ring (bicyclic) bond motifs is 1. The van der Waals surface area contributed by atoms with Gasteiger partial charge >= 0.3 is 0 Å². The van der Waals surface area contributed by atoms with Crippen molar-refractivity contribution in [3.8, 4) is 0 Å². The summed E-state index contributed by atoms with van der Waals surface area (Å²) >= 11 is 0. The summed E-state index contributed by atoms with van der Waals surface area (Å²) in [7, 11) is 0. The van der Waals surface area contributed by atoms with E-state index in [1.165, 1.54) is 0 Å². The second-order valence-electron chi connectivity index (χ2n) is 2.73. The topological polar surface area (TPSA) is 51.3 Å². The second-order valence-corrected chi connectivity index (χ2v) is 2.73. The number of nitrogen functional groups attached to an aromatic ring is 1. The van der Waals surface area contributed by atoms with Crippen molar-refractivity contribution in [2.24, 2.45) is 4.99 Å². The maximum absolute atomic E-state index is 5.86. The molecule has 2 rings (SSSR count). The average Bonchev–Trinajstić information content (AvgIpc) is 2.19. The molecule has 0 aliphatic heterocycles. The van der Waals surface area contributed by atoms with E-state index >= 15 is 0 Å². The lowest BCUT2D eigenvalue weighted by Gasteiger charge is -2.02. The quantitative estimate of drug-likeness (QED) is 0.668. The third kappa shape index (κ3) is 1.14. The van der Waals surface area contributed by atoms with Crippen LogP contribution in [0.1, 0.15) is 0 Å². The number of para-hydroxylation sites is 1. The Balaban J connectivity index is 2.86. The van der Waals surface area contributed by atoms with Gasteiger partial charge in [-0.2, -0.15) is 0 Å². The molecule has 0 saturated heterocycles. The molecule has 13 heavy (non-hydrogen) atoms. The van der Waals surface area contributed by atoms with Crippen molar-refractivity contribution in [2.45, 2.75) is 0 Å². The molecule has 0 atom stereocenters. The van der Waals surface area contributed by atoms with Crippen LogP contribution in [0.5, 0.6) is 0 Å². The number of nitrogens with zero attached hydrogens (tertiary/aromatic N) is 2. The summed E-state index contributed by atoms with van der Waals surface area (Å²) in [5.74, 6) is 0. The molecule has 0 saturated carbocycles. The Morgan fingerprint density at radius 3 is 2.85 bits per heavy atom. The molecule has 1 aromatic heterocycles. The van der Waals surface area contributed by atoms with Crippen molar-refractivity contribution < 1.29 is 0 Å². The number of aromatic nitrogens is 1. The predicted octanol–water partition coefficient (Wildman–Crippen LogP) is 2.15. The van der Waals surface area contributed by atoms with Gasteiger partial charge in [-0.05, 0) is 12.8 Å². The monoisotopic (exact) mass is 171 g/mol. The molecule has 0 amide bonds. The van der Waals surface area contributed by atoms with Gasteiger partial charge in [0.25, 0.3) is 0 Å². The number of nitrogens with two attached hydrogens (primary N) is 1. The summed E-state index contributed by atoms with van der Waals surface area (Å²) in [6.45, 7) is 3.43. The first kappa shape index (κ1) is 7.73. The predicted molar refractivity (Wildman–Crippen MR) is 55.4 cm³/mol. The summed E-state index contributed by atoms with van der Waals surface area (Å²) in [4.78, 5) is 7.98. The van der Waals surface area contributed by atoms with E-state index in [1.54, 1.807) is 6.20 Å². The van der Waals surface area contributed by atoms with Crippen LogP contribution in [0.4, 0.5) is 11.4 Å². The highest BCUT2D eigenvalue weighted by Gasteiger charge is 2.02. The molecule has 0 bridgehead atoms. The van der Waals surface area contributed by atoms with Crippen molar-refractivity contribution in [1.82, 2.24) is 4.98 Å². The van der Waals surface area contributed by atoms with Crippen LogP contribution in [0.2, 0.25) is 0 Å². The minimum atomic E-state index is 0.638. The van der Waals surface area contributed by atoms with Crippen LogP contribution >= 0.6 is 0 Å². The number of hydrogen-bond acceptors (Lipinski definition) is 3. The van der Waals surface area contributed by atoms with Crippen LogP contribution in [0, 0.1) is 0 Å². The molecule has 2 N–H and O–H groups in total. The Morgan fingerprint density at radius 2 is 2.08 bits per heavy atom. The molecule has 3 nitrogen and oxygen atoms in total. The van der Waals surface area contributed by atoms with Gasteiger partial charge in [-0.3, -0.25) is 9.98 Å². The molecule has 0 fully saturated rings. The van der Waals surface area contributed by atoms with E-state index in [0.29, 0.717) is 11.4 Å². The van der Waals surface area contributed by atoms with Crippen LogP contribution in [-0.2, 0) is 0 Å². The van der Waals surface area contributed by atoms with Gasteiger partial charge in [0.05, 0.1) is 17.4 Å². The zero-order valence-electron chi connectivity index (χ0n) is 7.07. The second kappa shape index (κ2) is 2.86. The van der Waals surface area contributed by atoms with Crippen LogP contribution < -0.4 is 5.73 Å². The molecule has 1 heterocycles. The van der Waals surface area contributed by atoms with Gasteiger partial charge in [0.2, 0.25) is 0 Å². The van der Waals surface area contributed by atoms with Gasteiger partial charge in [0, 0.05) is 5.39 Å². The van der Waals surface area contributed by atoms with Crippen LogP contribution in [-0.4, -0.2) is 11.7 Å². The van der Waals surface area contributed by atoms with Crippen molar-refractivity contribution in [3.63, 3.8) is 0 Å². The fourth-order valence-electron chi connectivity index (χ4n) is 1.28. The molecule has 0 radical (unpaired) electrons. The maximum Gasteiger partial charge on any atom is 0.104 e. The summed E-state index contributed by atoms with van der Waals surface area (Å²) < 4.78 is 0. The lowest BCUT2D eigenvalue weighted by atomic mass is 10.2. The lowest BCUT2D eigenvalue weighted by Crippen LogP contribution is -1.89. The zero-order valence-corrected chi connectivity index (χ0v) is 7.07. The maximum atomic E-state index is 5.86. The first-order valence-electron chi connectivity index (χ1n) is 3.93. The van der Waals surface area contributed by atoms with Crippen LogP contribution in [0.15, 0.2) is 35.5 Å². The summed E-state index contributed by atoms with van der Waals surface area (Å²) in [5.41, 5.74) is 8.01. The highest BCUT2D eigenvalue weighted by atomic mass is 14.8. The fraction of sp³-hybridized carbons (Fsp3) is 0. The van der Waals surface area contributed by atoms with E-state index in [9.17, 15) is 0 Å². The smallest absolute Gasteiger partial charge is 0.104 e. The standard InChI is InChI=1S/C10H9N3/c1-12-9-6-13-8-5-3-2-4-7(8)10(9)11/h2-6H,1H2,(H2,11,13). The molecule has 0 unspecified atom stereocenters. The minimum Gasteiger partial charge on any atom is -0.396 e. The Hall–Kier alpha value is -1.90. The van der Waals surface area contributed by atoms with Crippen LogP contribution in [0.3, 0.4) is 0 Å². The third-order valence-corrected chi connectivity index (χ3v) is 1.97. The Bertz CT molecular complexity index is 463. The zero-order chi connectivity index (χ0) is 9.26. The van der Waals surface area contributed by atoms with Gasteiger partial charge < -0.3 is 5.73 Å². The lowest BCUT2D eigenvalue weighted by molar-refractivity contribution is 1.38. The third-order valence-electron chi connectivity index (χ3n) is 1.97. The largest absolute Gasteiger partial charge is 0.396 e. The number of pyridine rings is 1. The highest BCUT2D eigenvalue weighted by Crippen LogP contribution is 2.27. The first-order valence-corrected chi connectivity index (χ1v) is 3.93. The van der Waals surface area contributed by atoms with E-state index in [-0.39, 0.29) is 0 Å². The van der Waals surface area contributed by atoms with E-state index in [1.807, 2.05) is 24.3 Å². The molecule has 64 valence electrons. The van der Waals surface area contributed by atoms with E-state index in [2.05, 4.69) is 16.7 Å².